The maximum absolute atomic E-state index is 14.3. The Morgan fingerprint density at radius 2 is 1.71 bits per heavy atom. The molecule has 0 radical (unpaired) electrons. The first kappa shape index (κ1) is 24.9. The van der Waals surface area contributed by atoms with E-state index in [0.717, 1.165) is 11.8 Å². The molecule has 1 aromatic carbocycles. The zero-order valence-electron chi connectivity index (χ0n) is 20.6. The lowest BCUT2D eigenvalue weighted by molar-refractivity contribution is -0.277. The third-order valence-electron chi connectivity index (χ3n) is 9.21. The van der Waals surface area contributed by atoms with Crippen LogP contribution in [0.4, 0.5) is 0 Å². The number of methoxy groups -OCH3 is 1. The summed E-state index contributed by atoms with van der Waals surface area (Å²) in [5, 5.41) is 0. The molecule has 6 unspecified atom stereocenters. The average molecular weight is 527 g/mol. The van der Waals surface area contributed by atoms with Crippen LogP contribution in [0.25, 0.3) is 0 Å². The van der Waals surface area contributed by atoms with Crippen molar-refractivity contribution in [1.82, 2.24) is 0 Å². The second-order valence-electron chi connectivity index (χ2n) is 10.7. The standard InChI is InChI=1S/C24H30O9S2/c1-15-7-9-17(10-8-15)35(28,29)32-18-13-22-16(2)11-12-23(22,33-34(6,26)27)20(3)14-31-24(30-5,19(22)25)21(18,20)4/h7-10,13,16H,11-12,14H2,1-6H3. The van der Waals surface area contributed by atoms with Crippen molar-refractivity contribution in [2.45, 2.75) is 56.8 Å². The fraction of sp³-hybridized carbons (Fsp3) is 0.625. The van der Waals surface area contributed by atoms with Gasteiger partial charge in [0.25, 0.3) is 10.1 Å². The SMILES string of the molecule is COC12OCC3(C)C4(OS(C)(=O)=O)CCC(C)C4(C=C(OS(=O)(=O)c4ccc(C)cc4)C13C)C2=O. The Kier molecular flexibility index (Phi) is 4.94. The van der Waals surface area contributed by atoms with E-state index in [4.69, 9.17) is 17.8 Å². The van der Waals surface area contributed by atoms with Gasteiger partial charge in [0, 0.05) is 12.5 Å². The van der Waals surface area contributed by atoms with Crippen LogP contribution < -0.4 is 0 Å². The molecule has 6 rings (SSSR count). The highest BCUT2D eigenvalue weighted by Crippen LogP contribution is 2.81. The summed E-state index contributed by atoms with van der Waals surface area (Å²) >= 11 is 0. The number of aryl methyl sites for hydroxylation is 1. The molecule has 1 spiro atoms. The molecule has 4 aliphatic carbocycles. The zero-order chi connectivity index (χ0) is 25.9. The molecule has 5 aliphatic rings. The van der Waals surface area contributed by atoms with E-state index in [1.165, 1.54) is 25.3 Å². The van der Waals surface area contributed by atoms with E-state index in [0.29, 0.717) is 6.42 Å². The second kappa shape index (κ2) is 6.95. The molecule has 2 saturated carbocycles. The molecule has 192 valence electrons. The van der Waals surface area contributed by atoms with Gasteiger partial charge in [0.15, 0.2) is 0 Å². The molecule has 1 aliphatic heterocycles. The number of hydrogen-bond acceptors (Lipinski definition) is 9. The van der Waals surface area contributed by atoms with Crippen LogP contribution in [0.2, 0.25) is 0 Å². The number of benzene rings is 1. The molecular weight excluding hydrogens is 496 g/mol. The lowest BCUT2D eigenvalue weighted by Gasteiger charge is -2.67. The summed E-state index contributed by atoms with van der Waals surface area (Å²) < 4.78 is 75.4. The van der Waals surface area contributed by atoms with Crippen LogP contribution in [0, 0.1) is 29.1 Å². The summed E-state index contributed by atoms with van der Waals surface area (Å²) in [4.78, 5) is 14.3. The van der Waals surface area contributed by atoms with Gasteiger partial charge in [-0.15, -0.1) is 0 Å². The first-order chi connectivity index (χ1) is 16.1. The van der Waals surface area contributed by atoms with Gasteiger partial charge < -0.3 is 13.7 Å². The van der Waals surface area contributed by atoms with E-state index in [9.17, 15) is 21.6 Å². The van der Waals surface area contributed by atoms with Gasteiger partial charge in [0.05, 0.1) is 23.7 Å². The molecule has 0 amide bonds. The molecule has 1 aromatic rings. The Hall–Kier alpha value is -1.79. The smallest absolute Gasteiger partial charge is 0.338 e. The maximum atomic E-state index is 14.3. The first-order valence-corrected chi connectivity index (χ1v) is 14.7. The number of rotatable bonds is 6. The van der Waals surface area contributed by atoms with E-state index >= 15 is 0 Å². The van der Waals surface area contributed by atoms with E-state index in [1.807, 2.05) is 13.8 Å². The van der Waals surface area contributed by atoms with Gasteiger partial charge in [-0.2, -0.15) is 16.8 Å². The molecule has 3 fully saturated rings. The summed E-state index contributed by atoms with van der Waals surface area (Å²) in [6.45, 7) is 6.99. The molecule has 1 heterocycles. The topological polar surface area (TPSA) is 122 Å². The van der Waals surface area contributed by atoms with Crippen molar-refractivity contribution in [3.05, 3.63) is 41.7 Å². The molecule has 35 heavy (non-hydrogen) atoms. The Morgan fingerprint density at radius 1 is 1.09 bits per heavy atom. The predicted octanol–water partition coefficient (Wildman–Crippen LogP) is 2.70. The van der Waals surface area contributed by atoms with Gasteiger partial charge >= 0.3 is 10.1 Å². The van der Waals surface area contributed by atoms with Crippen LogP contribution in [-0.4, -0.2) is 54.0 Å². The van der Waals surface area contributed by atoms with Crippen molar-refractivity contribution in [2.24, 2.45) is 22.2 Å². The number of carbonyl (C=O) groups is 1. The van der Waals surface area contributed by atoms with Crippen LogP contribution in [0.5, 0.6) is 0 Å². The molecule has 4 bridgehead atoms. The molecule has 9 nitrogen and oxygen atoms in total. The molecule has 0 aromatic heterocycles. The summed E-state index contributed by atoms with van der Waals surface area (Å²) in [5.41, 5.74) is -4.81. The van der Waals surface area contributed by atoms with Crippen LogP contribution >= 0.6 is 0 Å². The first-order valence-electron chi connectivity index (χ1n) is 11.5. The lowest BCUT2D eigenvalue weighted by Crippen LogP contribution is -2.80. The van der Waals surface area contributed by atoms with Crippen molar-refractivity contribution in [3.63, 3.8) is 0 Å². The molecular formula is C24H30O9S2. The van der Waals surface area contributed by atoms with Crippen LogP contribution in [0.15, 0.2) is 41.0 Å². The van der Waals surface area contributed by atoms with Crippen molar-refractivity contribution >= 4 is 26.0 Å². The van der Waals surface area contributed by atoms with Crippen molar-refractivity contribution in [2.75, 3.05) is 20.0 Å². The Balaban J connectivity index is 1.79. The minimum Gasteiger partial charge on any atom is -0.383 e. The van der Waals surface area contributed by atoms with E-state index in [2.05, 4.69) is 0 Å². The van der Waals surface area contributed by atoms with Gasteiger partial charge in [0.1, 0.15) is 16.3 Å². The summed E-state index contributed by atoms with van der Waals surface area (Å²) in [6, 6.07) is 6.23. The zero-order valence-corrected chi connectivity index (χ0v) is 22.2. The van der Waals surface area contributed by atoms with Gasteiger partial charge in [-0.05, 0) is 50.8 Å². The molecule has 6 atom stereocenters. The number of ketones is 1. The normalized spacial score (nSPS) is 42.2. The molecule has 11 heteroatoms. The van der Waals surface area contributed by atoms with Crippen molar-refractivity contribution in [1.29, 1.82) is 0 Å². The van der Waals surface area contributed by atoms with Gasteiger partial charge in [0.2, 0.25) is 11.6 Å². The quantitative estimate of drug-likeness (QED) is 0.515. The van der Waals surface area contributed by atoms with E-state index in [1.54, 1.807) is 26.0 Å². The van der Waals surface area contributed by atoms with Crippen molar-refractivity contribution < 1.29 is 39.5 Å². The molecule has 1 saturated heterocycles. The number of carbonyl (C=O) groups excluding carboxylic acids is 1. The Labute approximate surface area is 206 Å². The third kappa shape index (κ3) is 2.61. The van der Waals surface area contributed by atoms with Gasteiger partial charge in [-0.1, -0.05) is 31.5 Å². The van der Waals surface area contributed by atoms with Gasteiger partial charge in [-0.3, -0.25) is 8.98 Å². The Morgan fingerprint density at radius 3 is 2.29 bits per heavy atom. The van der Waals surface area contributed by atoms with Crippen LogP contribution in [-0.2, 0) is 42.9 Å². The summed E-state index contributed by atoms with van der Waals surface area (Å²) in [7, 11) is -6.97. The minimum atomic E-state index is -4.29. The number of ether oxygens (including phenoxy) is 2. The van der Waals surface area contributed by atoms with Crippen LogP contribution in [0.3, 0.4) is 0 Å². The number of Topliss-reactive ketones (excluding diaryl/α,β-unsaturated/α-hetero) is 1. The highest BCUT2D eigenvalue weighted by atomic mass is 32.2. The fourth-order valence-corrected chi connectivity index (χ4v) is 9.22. The van der Waals surface area contributed by atoms with Crippen LogP contribution in [0.1, 0.15) is 39.2 Å². The highest BCUT2D eigenvalue weighted by molar-refractivity contribution is 7.87. The predicted molar refractivity (Wildman–Crippen MR) is 124 cm³/mol. The summed E-state index contributed by atoms with van der Waals surface area (Å²) in [5.74, 6) is -2.73. The van der Waals surface area contributed by atoms with Crippen molar-refractivity contribution in [3.8, 4) is 0 Å². The van der Waals surface area contributed by atoms with E-state index < -0.39 is 59.6 Å². The number of hydrogen-bond donors (Lipinski definition) is 0. The third-order valence-corrected chi connectivity index (χ3v) is 11.0. The summed E-state index contributed by atoms with van der Waals surface area (Å²) in [6.07, 6.45) is 3.20. The molecule has 0 N–H and O–H groups in total. The maximum Gasteiger partial charge on any atom is 0.338 e. The fourth-order valence-electron chi connectivity index (χ4n) is 7.28. The second-order valence-corrected chi connectivity index (χ2v) is 13.8. The van der Waals surface area contributed by atoms with Gasteiger partial charge in [-0.25, -0.2) is 0 Å². The monoisotopic (exact) mass is 526 g/mol. The highest BCUT2D eigenvalue weighted by Gasteiger charge is 2.92. The lowest BCUT2D eigenvalue weighted by atomic mass is 9.38. The minimum absolute atomic E-state index is 0.000927. The Bertz CT molecular complexity index is 1370. The largest absolute Gasteiger partial charge is 0.383 e. The van der Waals surface area contributed by atoms with E-state index in [-0.39, 0.29) is 23.7 Å². The average Bonchev–Trinajstić information content (AvgIpc) is 3.16.